The summed E-state index contributed by atoms with van der Waals surface area (Å²) in [5.74, 6) is -5.03. The van der Waals surface area contributed by atoms with Crippen molar-refractivity contribution in [3.05, 3.63) is 34.1 Å². The lowest BCUT2D eigenvalue weighted by Gasteiger charge is -2.26. The Hall–Kier alpha value is -2.65. The number of amides is 2. The number of hydrogen-bond acceptors (Lipinski definition) is 7. The average Bonchev–Trinajstić information content (AvgIpc) is 2.78. The first-order chi connectivity index (χ1) is 14.7. The van der Waals surface area contributed by atoms with Crippen LogP contribution in [0.4, 0.5) is 10.1 Å². The zero-order valence-electron chi connectivity index (χ0n) is 16.8. The van der Waals surface area contributed by atoms with Crippen LogP contribution in [0.15, 0.2) is 23.3 Å². The third kappa shape index (κ3) is 5.74. The van der Waals surface area contributed by atoms with Crippen LogP contribution in [0.25, 0.3) is 0 Å². The number of ether oxygens (including phenoxy) is 3. The fourth-order valence-corrected chi connectivity index (χ4v) is 3.36. The molecule has 8 nitrogen and oxygen atoms in total. The number of rotatable bonds is 7. The molecule has 0 saturated heterocycles. The second kappa shape index (κ2) is 11.1. The van der Waals surface area contributed by atoms with E-state index < -0.39 is 47.7 Å². The van der Waals surface area contributed by atoms with Crippen molar-refractivity contribution in [2.75, 3.05) is 31.6 Å². The van der Waals surface area contributed by atoms with Crippen molar-refractivity contribution in [1.29, 1.82) is 0 Å². The van der Waals surface area contributed by atoms with Gasteiger partial charge in [-0.05, 0) is 31.7 Å². The smallest absolute Gasteiger partial charge is 0.343 e. The van der Waals surface area contributed by atoms with Gasteiger partial charge in [0.15, 0.2) is 6.61 Å². The monoisotopic (exact) mass is 475 g/mol. The van der Waals surface area contributed by atoms with Gasteiger partial charge in [0.05, 0.1) is 24.9 Å². The summed E-state index contributed by atoms with van der Waals surface area (Å²) in [6.07, 6.45) is 1.75. The Bertz CT molecular complexity index is 932. The second-order valence-electron chi connectivity index (χ2n) is 6.42. The first kappa shape index (κ1) is 24.6. The fourth-order valence-electron chi connectivity index (χ4n) is 3.04. The highest BCUT2D eigenvalue weighted by Crippen LogP contribution is 2.35. The summed E-state index contributed by atoms with van der Waals surface area (Å²) in [5, 5.41) is -0.192. The van der Waals surface area contributed by atoms with Gasteiger partial charge in [-0.15, -0.1) is 11.6 Å². The molecule has 1 aromatic carbocycles. The summed E-state index contributed by atoms with van der Waals surface area (Å²) < 4.78 is 29.2. The van der Waals surface area contributed by atoms with Gasteiger partial charge in [-0.1, -0.05) is 11.6 Å². The Kier molecular flexibility index (Phi) is 8.82. The van der Waals surface area contributed by atoms with Crippen LogP contribution in [-0.4, -0.2) is 50.5 Å². The second-order valence-corrected chi connectivity index (χ2v) is 7.10. The number of esters is 2. The number of methoxy groups -OCH3 is 2. The molecular weight excluding hydrogens is 456 g/mol. The Morgan fingerprint density at radius 2 is 1.71 bits per heavy atom. The van der Waals surface area contributed by atoms with Gasteiger partial charge < -0.3 is 14.2 Å². The number of nitrogens with zero attached hydrogens (tertiary/aromatic N) is 1. The number of anilines is 1. The van der Waals surface area contributed by atoms with Gasteiger partial charge in [0.1, 0.15) is 17.4 Å². The Morgan fingerprint density at radius 3 is 2.29 bits per heavy atom. The average molecular weight is 476 g/mol. The highest BCUT2D eigenvalue weighted by Gasteiger charge is 2.33. The summed E-state index contributed by atoms with van der Waals surface area (Å²) in [5.41, 5.74) is -0.312. The minimum Gasteiger partial charge on any atom is -0.480 e. The summed E-state index contributed by atoms with van der Waals surface area (Å²) in [7, 11) is 2.33. The normalized spacial score (nSPS) is 13.5. The summed E-state index contributed by atoms with van der Waals surface area (Å²) in [6, 6.07) is 1.84. The molecule has 0 atom stereocenters. The molecule has 31 heavy (non-hydrogen) atoms. The maximum atomic E-state index is 14.8. The van der Waals surface area contributed by atoms with E-state index in [2.05, 4.69) is 4.74 Å². The summed E-state index contributed by atoms with van der Waals surface area (Å²) in [6.45, 7) is -0.531. The Morgan fingerprint density at radius 1 is 1.06 bits per heavy atom. The summed E-state index contributed by atoms with van der Waals surface area (Å²) >= 11 is 11.6. The highest BCUT2D eigenvalue weighted by atomic mass is 35.5. The van der Waals surface area contributed by atoms with Gasteiger partial charge in [0.25, 0.3) is 5.91 Å². The van der Waals surface area contributed by atoms with Crippen molar-refractivity contribution in [2.45, 2.75) is 25.7 Å². The van der Waals surface area contributed by atoms with Crippen molar-refractivity contribution < 1.29 is 37.8 Å². The molecule has 0 heterocycles. The minimum atomic E-state index is -1.00. The van der Waals surface area contributed by atoms with Crippen molar-refractivity contribution in [3.63, 3.8) is 0 Å². The highest BCUT2D eigenvalue weighted by molar-refractivity contribution is 6.35. The number of carbonyl (C=O) groups is 4. The number of benzene rings is 1. The van der Waals surface area contributed by atoms with E-state index in [1.54, 1.807) is 0 Å². The molecule has 1 aromatic rings. The molecule has 0 saturated carbocycles. The van der Waals surface area contributed by atoms with Gasteiger partial charge in [-0.25, -0.2) is 18.9 Å². The molecule has 0 bridgehead atoms. The molecule has 0 N–H and O–H groups in total. The topological polar surface area (TPSA) is 99.2 Å². The number of alkyl halides is 1. The predicted molar refractivity (Wildman–Crippen MR) is 110 cm³/mol. The molecule has 0 fully saturated rings. The van der Waals surface area contributed by atoms with Gasteiger partial charge in [0.2, 0.25) is 5.91 Å². The van der Waals surface area contributed by atoms with Crippen LogP contribution >= 0.6 is 23.2 Å². The van der Waals surface area contributed by atoms with E-state index in [1.165, 1.54) is 7.11 Å². The molecule has 0 aromatic heterocycles. The molecule has 0 spiro atoms. The van der Waals surface area contributed by atoms with E-state index in [0.29, 0.717) is 17.7 Å². The lowest BCUT2D eigenvalue weighted by atomic mass is 9.90. The van der Waals surface area contributed by atoms with E-state index >= 15 is 0 Å². The van der Waals surface area contributed by atoms with Crippen molar-refractivity contribution >= 4 is 52.6 Å². The van der Waals surface area contributed by atoms with Crippen molar-refractivity contribution in [2.24, 2.45) is 0 Å². The third-order valence-corrected chi connectivity index (χ3v) is 5.06. The number of carbonyl (C=O) groups excluding carboxylic acids is 4. The van der Waals surface area contributed by atoms with Crippen LogP contribution in [0.2, 0.25) is 5.02 Å². The molecule has 0 unspecified atom stereocenters. The number of halogens is 3. The molecular formula is C20H20Cl2FNO7. The molecule has 11 heteroatoms. The van der Waals surface area contributed by atoms with Gasteiger partial charge in [0, 0.05) is 17.2 Å². The summed E-state index contributed by atoms with van der Waals surface area (Å²) in [4.78, 5) is 49.8. The van der Waals surface area contributed by atoms with Gasteiger partial charge >= 0.3 is 11.9 Å². The van der Waals surface area contributed by atoms with E-state index in [9.17, 15) is 23.6 Å². The number of hydrogen-bond donors (Lipinski definition) is 0. The predicted octanol–water partition coefficient (Wildman–Crippen LogP) is 3.17. The van der Waals surface area contributed by atoms with Crippen LogP contribution < -0.4 is 9.64 Å². The quantitative estimate of drug-likeness (QED) is 0.440. The zero-order valence-corrected chi connectivity index (χ0v) is 18.3. The SMILES string of the molecule is COC(=O)COc1cc(N(C(=O)CCl)C(=O)C2=C(C(=O)OC)CCCC2)c(F)cc1Cl. The molecule has 2 amide bonds. The first-order valence-corrected chi connectivity index (χ1v) is 10.1. The van der Waals surface area contributed by atoms with E-state index in [-0.39, 0.29) is 34.8 Å². The van der Waals surface area contributed by atoms with Gasteiger partial charge in [-0.2, -0.15) is 0 Å². The Balaban J connectivity index is 2.55. The van der Waals surface area contributed by atoms with Crippen LogP contribution in [0, 0.1) is 5.82 Å². The van der Waals surface area contributed by atoms with Crippen LogP contribution in [0.3, 0.4) is 0 Å². The lowest BCUT2D eigenvalue weighted by Crippen LogP contribution is -2.40. The lowest BCUT2D eigenvalue weighted by molar-refractivity contribution is -0.143. The maximum absolute atomic E-state index is 14.8. The Labute approximate surface area is 187 Å². The first-order valence-electron chi connectivity index (χ1n) is 9.17. The minimum absolute atomic E-state index is 0.0444. The van der Waals surface area contributed by atoms with Crippen molar-refractivity contribution in [1.82, 2.24) is 0 Å². The van der Waals surface area contributed by atoms with Crippen LogP contribution in [-0.2, 0) is 28.7 Å². The molecule has 0 radical (unpaired) electrons. The zero-order chi connectivity index (χ0) is 23.1. The van der Waals surface area contributed by atoms with Crippen LogP contribution in [0.1, 0.15) is 25.7 Å². The largest absolute Gasteiger partial charge is 0.480 e. The third-order valence-electron chi connectivity index (χ3n) is 4.54. The van der Waals surface area contributed by atoms with Crippen LogP contribution in [0.5, 0.6) is 5.75 Å². The van der Waals surface area contributed by atoms with E-state index in [4.69, 9.17) is 32.7 Å². The van der Waals surface area contributed by atoms with E-state index in [1.807, 2.05) is 0 Å². The molecule has 1 aliphatic rings. The van der Waals surface area contributed by atoms with Gasteiger partial charge in [-0.3, -0.25) is 9.59 Å². The molecule has 1 aliphatic carbocycles. The molecule has 2 rings (SSSR count). The van der Waals surface area contributed by atoms with Crippen molar-refractivity contribution in [3.8, 4) is 5.75 Å². The molecule has 0 aliphatic heterocycles. The maximum Gasteiger partial charge on any atom is 0.343 e. The standard InChI is InChI=1S/C20H20Cl2FNO7/c1-29-18(26)10-31-16-8-15(14(23)7-13(16)22)24(17(25)9-21)19(27)11-5-3-4-6-12(11)20(28)30-2/h7-8H,3-6,9-10H2,1-2H3. The fraction of sp³-hybridized carbons (Fsp3) is 0.400. The molecule has 168 valence electrons. The van der Waals surface area contributed by atoms with E-state index in [0.717, 1.165) is 19.2 Å². The number of imide groups is 1.